The van der Waals surface area contributed by atoms with Gasteiger partial charge in [0, 0.05) is 11.4 Å². The first-order chi connectivity index (χ1) is 8.70. The Balaban J connectivity index is 2.65. The van der Waals surface area contributed by atoms with Crippen molar-refractivity contribution in [1.29, 1.82) is 0 Å². The molecule has 0 spiro atoms. The summed E-state index contributed by atoms with van der Waals surface area (Å²) in [5, 5.41) is 0. The van der Waals surface area contributed by atoms with E-state index in [0.29, 0.717) is 5.92 Å². The van der Waals surface area contributed by atoms with E-state index in [2.05, 4.69) is 49.8 Å². The summed E-state index contributed by atoms with van der Waals surface area (Å²) in [4.78, 5) is 0. The summed E-state index contributed by atoms with van der Waals surface area (Å²) >= 11 is -1.03. The molecule has 2 unspecified atom stereocenters. The second-order valence-corrected chi connectivity index (χ2v) is 8.56. The third kappa shape index (κ3) is 5.55. The molecular formula is C16H27NOS. The van der Waals surface area contributed by atoms with Crippen LogP contribution in [0.1, 0.15) is 58.7 Å². The van der Waals surface area contributed by atoms with E-state index in [9.17, 15) is 4.55 Å². The molecule has 2 atom stereocenters. The van der Waals surface area contributed by atoms with E-state index in [4.69, 9.17) is 0 Å². The smallest absolute Gasteiger partial charge is 0.136 e. The second kappa shape index (κ2) is 6.78. The summed E-state index contributed by atoms with van der Waals surface area (Å²) in [6.07, 6.45) is 1.11. The third-order valence-electron chi connectivity index (χ3n) is 2.96. The molecule has 0 fully saturated rings. The van der Waals surface area contributed by atoms with Gasteiger partial charge in [-0.2, -0.15) is 0 Å². The molecule has 1 rings (SSSR count). The summed E-state index contributed by atoms with van der Waals surface area (Å²) in [5.41, 5.74) is 2.55. The Labute approximate surface area is 121 Å². The van der Waals surface area contributed by atoms with Crippen molar-refractivity contribution in [1.82, 2.24) is 4.72 Å². The fraction of sp³-hybridized carbons (Fsp3) is 0.625. The summed E-state index contributed by atoms with van der Waals surface area (Å²) in [6.45, 7) is 12.5. The van der Waals surface area contributed by atoms with Crippen LogP contribution in [0.4, 0.5) is 0 Å². The molecule has 0 amide bonds. The molecule has 1 N–H and O–H groups in total. The highest BCUT2D eigenvalue weighted by Gasteiger charge is 2.28. The van der Waals surface area contributed by atoms with Gasteiger partial charge in [-0.15, -0.1) is 4.72 Å². The zero-order valence-corrected chi connectivity index (χ0v) is 13.8. The van der Waals surface area contributed by atoms with E-state index in [1.54, 1.807) is 0 Å². The first-order valence-electron chi connectivity index (χ1n) is 6.97. The van der Waals surface area contributed by atoms with Gasteiger partial charge in [0.1, 0.15) is 4.75 Å². The SMILES string of the molecule is CC(C)Cc1ccc(C(C)N[S+]([O-])C(C)(C)C)cc1. The predicted octanol–water partition coefficient (Wildman–Crippen LogP) is 4.00. The normalized spacial score (nSPS) is 15.6. The van der Waals surface area contributed by atoms with E-state index in [1.807, 2.05) is 20.8 Å². The van der Waals surface area contributed by atoms with E-state index >= 15 is 0 Å². The van der Waals surface area contributed by atoms with Crippen molar-refractivity contribution in [3.8, 4) is 0 Å². The maximum atomic E-state index is 12.1. The van der Waals surface area contributed by atoms with Crippen LogP contribution in [-0.2, 0) is 17.8 Å². The number of benzene rings is 1. The molecule has 0 bridgehead atoms. The second-order valence-electron chi connectivity index (χ2n) is 6.56. The van der Waals surface area contributed by atoms with E-state index in [0.717, 1.165) is 6.42 Å². The van der Waals surface area contributed by atoms with Gasteiger partial charge in [-0.3, -0.25) is 0 Å². The maximum Gasteiger partial charge on any atom is 0.136 e. The molecule has 0 aromatic heterocycles. The van der Waals surface area contributed by atoms with E-state index in [-0.39, 0.29) is 10.8 Å². The first-order valence-corrected chi connectivity index (χ1v) is 8.12. The molecule has 0 radical (unpaired) electrons. The lowest BCUT2D eigenvalue weighted by Gasteiger charge is -2.26. The molecule has 1 aromatic carbocycles. The minimum Gasteiger partial charge on any atom is -0.598 e. The number of hydrogen-bond donors (Lipinski definition) is 1. The summed E-state index contributed by atoms with van der Waals surface area (Å²) in [7, 11) is 0. The average molecular weight is 281 g/mol. The maximum absolute atomic E-state index is 12.1. The zero-order chi connectivity index (χ0) is 14.6. The lowest BCUT2D eigenvalue weighted by Crippen LogP contribution is -2.40. The Hall–Kier alpha value is -0.510. The molecule has 0 aliphatic carbocycles. The number of rotatable bonds is 5. The largest absolute Gasteiger partial charge is 0.598 e. The van der Waals surface area contributed by atoms with E-state index in [1.165, 1.54) is 11.1 Å². The highest BCUT2D eigenvalue weighted by molar-refractivity contribution is 7.90. The number of hydrogen-bond acceptors (Lipinski definition) is 2. The van der Waals surface area contributed by atoms with Gasteiger partial charge >= 0.3 is 0 Å². The molecule has 108 valence electrons. The first kappa shape index (κ1) is 16.5. The fourth-order valence-electron chi connectivity index (χ4n) is 1.82. The quantitative estimate of drug-likeness (QED) is 0.828. The van der Waals surface area contributed by atoms with Gasteiger partial charge in [-0.1, -0.05) is 38.1 Å². The lowest BCUT2D eigenvalue weighted by atomic mass is 10.0. The Morgan fingerprint density at radius 1 is 1.11 bits per heavy atom. The van der Waals surface area contributed by atoms with Gasteiger partial charge in [0.05, 0.1) is 6.04 Å². The van der Waals surface area contributed by atoms with Crippen molar-refractivity contribution in [3.63, 3.8) is 0 Å². The third-order valence-corrected chi connectivity index (χ3v) is 4.64. The molecule has 0 aliphatic heterocycles. The van der Waals surface area contributed by atoms with Crippen LogP contribution in [0.25, 0.3) is 0 Å². The van der Waals surface area contributed by atoms with Gasteiger partial charge < -0.3 is 4.55 Å². The molecule has 0 saturated carbocycles. The van der Waals surface area contributed by atoms with Crippen molar-refractivity contribution in [2.45, 2.75) is 58.8 Å². The molecule has 0 saturated heterocycles. The van der Waals surface area contributed by atoms with Crippen molar-refractivity contribution in [2.75, 3.05) is 0 Å². The number of nitrogens with one attached hydrogen (secondary N) is 1. The molecule has 2 nitrogen and oxygen atoms in total. The summed E-state index contributed by atoms with van der Waals surface area (Å²) < 4.78 is 15.0. The molecular weight excluding hydrogens is 254 g/mol. The summed E-state index contributed by atoms with van der Waals surface area (Å²) in [5.74, 6) is 0.676. The minimum absolute atomic E-state index is 0.105. The van der Waals surface area contributed by atoms with Crippen LogP contribution in [0.2, 0.25) is 0 Å². The predicted molar refractivity (Wildman–Crippen MR) is 84.4 cm³/mol. The molecule has 0 heterocycles. The average Bonchev–Trinajstić information content (AvgIpc) is 2.27. The van der Waals surface area contributed by atoms with Gasteiger partial charge in [-0.05, 0) is 51.2 Å². The van der Waals surface area contributed by atoms with Crippen LogP contribution in [0.15, 0.2) is 24.3 Å². The van der Waals surface area contributed by atoms with Crippen molar-refractivity contribution in [2.24, 2.45) is 5.92 Å². The highest BCUT2D eigenvalue weighted by Crippen LogP contribution is 2.20. The zero-order valence-electron chi connectivity index (χ0n) is 13.0. The Morgan fingerprint density at radius 3 is 2.05 bits per heavy atom. The Bertz CT molecular complexity index is 381. The molecule has 1 aromatic rings. The molecule has 19 heavy (non-hydrogen) atoms. The van der Waals surface area contributed by atoms with Crippen LogP contribution in [0, 0.1) is 5.92 Å². The van der Waals surface area contributed by atoms with Crippen LogP contribution in [0.3, 0.4) is 0 Å². The van der Waals surface area contributed by atoms with Gasteiger partial charge in [-0.25, -0.2) is 0 Å². The fourth-order valence-corrected chi connectivity index (χ4v) is 2.63. The van der Waals surface area contributed by atoms with Crippen LogP contribution >= 0.6 is 0 Å². The lowest BCUT2D eigenvalue weighted by molar-refractivity contribution is 0.531. The monoisotopic (exact) mass is 281 g/mol. The summed E-state index contributed by atoms with van der Waals surface area (Å²) in [6, 6.07) is 8.72. The van der Waals surface area contributed by atoms with Crippen molar-refractivity contribution < 1.29 is 4.55 Å². The minimum atomic E-state index is -1.03. The van der Waals surface area contributed by atoms with Crippen molar-refractivity contribution in [3.05, 3.63) is 35.4 Å². The van der Waals surface area contributed by atoms with Crippen LogP contribution in [-0.4, -0.2) is 9.30 Å². The standard InChI is InChI=1S/C16H27NOS/c1-12(2)11-14-7-9-15(10-8-14)13(3)17-19(18)16(4,5)6/h7-10,12-13,17H,11H2,1-6H3. The van der Waals surface area contributed by atoms with Gasteiger partial charge in [0.25, 0.3) is 0 Å². The van der Waals surface area contributed by atoms with Gasteiger partial charge in [0.2, 0.25) is 0 Å². The van der Waals surface area contributed by atoms with Crippen LogP contribution < -0.4 is 4.72 Å². The molecule has 0 aliphatic rings. The van der Waals surface area contributed by atoms with E-state index < -0.39 is 11.4 Å². The van der Waals surface area contributed by atoms with Gasteiger partial charge in [0.15, 0.2) is 0 Å². The Kier molecular flexibility index (Phi) is 5.90. The topological polar surface area (TPSA) is 35.1 Å². The highest BCUT2D eigenvalue weighted by atomic mass is 32.2. The van der Waals surface area contributed by atoms with Crippen LogP contribution in [0.5, 0.6) is 0 Å². The molecule has 3 heteroatoms. The van der Waals surface area contributed by atoms with Crippen molar-refractivity contribution >= 4 is 11.4 Å². The Morgan fingerprint density at radius 2 is 1.63 bits per heavy atom.